The number of anilines is 1. The molecule has 0 saturated carbocycles. The zero-order valence-electron chi connectivity index (χ0n) is 9.97. The molecule has 1 heterocycles. The van der Waals surface area contributed by atoms with Crippen molar-refractivity contribution in [3.05, 3.63) is 22.7 Å². The van der Waals surface area contributed by atoms with E-state index >= 15 is 0 Å². The SMILES string of the molecule is CC1CSCCN1S(=O)(=O)c1cc(N)ccc1Br. The van der Waals surface area contributed by atoms with Crippen molar-refractivity contribution in [3.63, 3.8) is 0 Å². The molecule has 0 spiro atoms. The molecule has 1 aromatic carbocycles. The maximum absolute atomic E-state index is 12.6. The average molecular weight is 351 g/mol. The van der Waals surface area contributed by atoms with Crippen LogP contribution < -0.4 is 5.73 Å². The lowest BCUT2D eigenvalue weighted by Crippen LogP contribution is -2.44. The summed E-state index contributed by atoms with van der Waals surface area (Å²) in [7, 11) is -3.47. The maximum Gasteiger partial charge on any atom is 0.244 e. The quantitative estimate of drug-likeness (QED) is 0.830. The molecule has 0 aromatic heterocycles. The second kappa shape index (κ2) is 5.40. The topological polar surface area (TPSA) is 63.4 Å². The van der Waals surface area contributed by atoms with E-state index in [9.17, 15) is 8.42 Å². The van der Waals surface area contributed by atoms with Crippen molar-refractivity contribution in [2.75, 3.05) is 23.8 Å². The molecule has 0 radical (unpaired) electrons. The van der Waals surface area contributed by atoms with Gasteiger partial charge in [-0.3, -0.25) is 0 Å². The molecule has 1 aromatic rings. The first-order valence-corrected chi connectivity index (χ1v) is 8.96. The number of nitrogen functional groups attached to an aromatic ring is 1. The van der Waals surface area contributed by atoms with Crippen LogP contribution >= 0.6 is 27.7 Å². The molecule has 2 rings (SSSR count). The third-order valence-corrected chi connectivity index (χ3v) is 7.05. The number of sulfonamides is 1. The van der Waals surface area contributed by atoms with Gasteiger partial charge in [-0.25, -0.2) is 8.42 Å². The molecule has 1 aliphatic rings. The van der Waals surface area contributed by atoms with Gasteiger partial charge in [0, 0.05) is 34.3 Å². The van der Waals surface area contributed by atoms with Crippen molar-refractivity contribution in [2.45, 2.75) is 17.9 Å². The number of rotatable bonds is 2. The highest BCUT2D eigenvalue weighted by Gasteiger charge is 2.32. The van der Waals surface area contributed by atoms with E-state index in [1.807, 2.05) is 6.92 Å². The molecular weight excluding hydrogens is 336 g/mol. The number of hydrogen-bond acceptors (Lipinski definition) is 4. The van der Waals surface area contributed by atoms with E-state index in [0.717, 1.165) is 11.5 Å². The van der Waals surface area contributed by atoms with Crippen LogP contribution in [0, 0.1) is 0 Å². The third kappa shape index (κ3) is 2.68. The highest BCUT2D eigenvalue weighted by Crippen LogP contribution is 2.30. The van der Waals surface area contributed by atoms with Crippen molar-refractivity contribution >= 4 is 43.4 Å². The molecule has 1 fully saturated rings. The predicted molar refractivity (Wildman–Crippen MR) is 79.2 cm³/mol. The Morgan fingerprint density at radius 2 is 2.22 bits per heavy atom. The summed E-state index contributed by atoms with van der Waals surface area (Å²) >= 11 is 5.07. The number of halogens is 1. The minimum atomic E-state index is -3.47. The van der Waals surface area contributed by atoms with Gasteiger partial charge in [0.15, 0.2) is 0 Å². The first-order chi connectivity index (χ1) is 8.43. The zero-order valence-corrected chi connectivity index (χ0v) is 13.2. The highest BCUT2D eigenvalue weighted by molar-refractivity contribution is 9.10. The molecule has 1 unspecified atom stereocenters. The third-order valence-electron chi connectivity index (χ3n) is 2.85. The van der Waals surface area contributed by atoms with Gasteiger partial charge in [-0.2, -0.15) is 16.1 Å². The van der Waals surface area contributed by atoms with Crippen LogP contribution in [0.3, 0.4) is 0 Å². The second-order valence-electron chi connectivity index (χ2n) is 4.23. The number of hydrogen-bond donors (Lipinski definition) is 1. The standard InChI is InChI=1S/C11H15BrN2O2S2/c1-8-7-17-5-4-14(8)18(15,16)11-6-9(13)2-3-10(11)12/h2-3,6,8H,4-5,7,13H2,1H3. The number of benzene rings is 1. The Morgan fingerprint density at radius 1 is 1.50 bits per heavy atom. The minimum absolute atomic E-state index is 0.0158. The van der Waals surface area contributed by atoms with Crippen LogP contribution in [0.25, 0.3) is 0 Å². The molecule has 0 aliphatic carbocycles. The van der Waals surface area contributed by atoms with Crippen LogP contribution in [-0.2, 0) is 10.0 Å². The van der Waals surface area contributed by atoms with E-state index in [0.29, 0.717) is 16.7 Å². The van der Waals surface area contributed by atoms with Gasteiger partial charge >= 0.3 is 0 Å². The van der Waals surface area contributed by atoms with E-state index in [2.05, 4.69) is 15.9 Å². The van der Waals surface area contributed by atoms with Crippen LogP contribution in [0.1, 0.15) is 6.92 Å². The van der Waals surface area contributed by atoms with E-state index in [4.69, 9.17) is 5.73 Å². The Kier molecular flexibility index (Phi) is 4.25. The monoisotopic (exact) mass is 350 g/mol. The van der Waals surface area contributed by atoms with Crippen molar-refractivity contribution in [2.24, 2.45) is 0 Å². The number of thioether (sulfide) groups is 1. The van der Waals surface area contributed by atoms with Crippen molar-refractivity contribution < 1.29 is 8.42 Å². The van der Waals surface area contributed by atoms with Gasteiger partial charge in [0.1, 0.15) is 0 Å². The lowest BCUT2D eigenvalue weighted by atomic mass is 10.3. The number of nitrogens with zero attached hydrogens (tertiary/aromatic N) is 1. The van der Waals surface area contributed by atoms with Gasteiger partial charge in [0.05, 0.1) is 4.90 Å². The van der Waals surface area contributed by atoms with Crippen LogP contribution in [0.15, 0.2) is 27.6 Å². The van der Waals surface area contributed by atoms with E-state index < -0.39 is 10.0 Å². The Labute approximate surface area is 120 Å². The Morgan fingerprint density at radius 3 is 2.89 bits per heavy atom. The summed E-state index contributed by atoms with van der Waals surface area (Å²) in [5.41, 5.74) is 6.13. The average Bonchev–Trinajstić information content (AvgIpc) is 2.32. The molecule has 1 atom stereocenters. The molecule has 4 nitrogen and oxygen atoms in total. The minimum Gasteiger partial charge on any atom is -0.399 e. The predicted octanol–water partition coefficient (Wildman–Crippen LogP) is 2.16. The van der Waals surface area contributed by atoms with Crippen molar-refractivity contribution in [1.29, 1.82) is 0 Å². The van der Waals surface area contributed by atoms with Crippen LogP contribution in [-0.4, -0.2) is 36.8 Å². The van der Waals surface area contributed by atoms with E-state index in [-0.39, 0.29) is 10.9 Å². The van der Waals surface area contributed by atoms with Gasteiger partial charge < -0.3 is 5.73 Å². The fourth-order valence-electron chi connectivity index (χ4n) is 1.91. The van der Waals surface area contributed by atoms with Gasteiger partial charge in [-0.1, -0.05) is 0 Å². The summed E-state index contributed by atoms with van der Waals surface area (Å²) < 4.78 is 27.3. The molecule has 18 heavy (non-hydrogen) atoms. The summed E-state index contributed by atoms with van der Waals surface area (Å²) in [5, 5.41) is 0. The summed E-state index contributed by atoms with van der Waals surface area (Å²) in [6, 6.07) is 4.87. The molecule has 0 bridgehead atoms. The molecule has 7 heteroatoms. The first kappa shape index (κ1) is 14.2. The molecule has 100 valence electrons. The van der Waals surface area contributed by atoms with Gasteiger partial charge in [-0.05, 0) is 41.1 Å². The van der Waals surface area contributed by atoms with Crippen LogP contribution in [0.2, 0.25) is 0 Å². The Balaban J connectivity index is 2.44. The maximum atomic E-state index is 12.6. The fraction of sp³-hybridized carbons (Fsp3) is 0.455. The number of nitrogens with two attached hydrogens (primary N) is 1. The van der Waals surface area contributed by atoms with Crippen molar-refractivity contribution in [3.8, 4) is 0 Å². The van der Waals surface area contributed by atoms with Crippen LogP contribution in [0.4, 0.5) is 5.69 Å². The lowest BCUT2D eigenvalue weighted by molar-refractivity contribution is 0.367. The second-order valence-corrected chi connectivity index (χ2v) is 8.09. The summed E-state index contributed by atoms with van der Waals surface area (Å²) in [4.78, 5) is 0.251. The zero-order chi connectivity index (χ0) is 13.3. The summed E-state index contributed by atoms with van der Waals surface area (Å²) in [6.45, 7) is 2.49. The summed E-state index contributed by atoms with van der Waals surface area (Å²) in [5.74, 6) is 1.67. The van der Waals surface area contributed by atoms with Crippen molar-refractivity contribution in [1.82, 2.24) is 4.31 Å². The molecule has 1 aliphatic heterocycles. The lowest BCUT2D eigenvalue weighted by Gasteiger charge is -2.32. The fourth-order valence-corrected chi connectivity index (χ4v) is 5.73. The van der Waals surface area contributed by atoms with E-state index in [1.54, 1.807) is 28.2 Å². The van der Waals surface area contributed by atoms with E-state index in [1.165, 1.54) is 6.07 Å². The molecule has 1 saturated heterocycles. The highest BCUT2D eigenvalue weighted by atomic mass is 79.9. The Bertz CT molecular complexity index is 548. The largest absolute Gasteiger partial charge is 0.399 e. The summed E-state index contributed by atoms with van der Waals surface area (Å²) in [6.07, 6.45) is 0. The molecule has 2 N–H and O–H groups in total. The van der Waals surface area contributed by atoms with Crippen LogP contribution in [0.5, 0.6) is 0 Å². The molecular formula is C11H15BrN2O2S2. The molecule has 0 amide bonds. The Hall–Kier alpha value is -0.240. The first-order valence-electron chi connectivity index (χ1n) is 5.57. The normalized spacial score (nSPS) is 22.0. The van der Waals surface area contributed by atoms with Gasteiger partial charge in [0.2, 0.25) is 10.0 Å². The van der Waals surface area contributed by atoms with Gasteiger partial charge in [-0.15, -0.1) is 0 Å². The smallest absolute Gasteiger partial charge is 0.244 e. The van der Waals surface area contributed by atoms with Gasteiger partial charge in [0.25, 0.3) is 0 Å².